The molecule has 1 heterocycles. The van der Waals surface area contributed by atoms with E-state index >= 15 is 0 Å². The fourth-order valence-electron chi connectivity index (χ4n) is 3.90. The Hall–Kier alpha value is -4.75. The van der Waals surface area contributed by atoms with Crippen LogP contribution in [0.2, 0.25) is 0 Å². The van der Waals surface area contributed by atoms with E-state index in [0.717, 1.165) is 22.4 Å². The maximum Gasteiger partial charge on any atom is 0.270 e. The number of ether oxygens (including phenoxy) is 2. The van der Waals surface area contributed by atoms with Gasteiger partial charge in [-0.2, -0.15) is 0 Å². The second-order valence-corrected chi connectivity index (χ2v) is 8.60. The van der Waals surface area contributed by atoms with E-state index in [0.29, 0.717) is 17.2 Å². The lowest BCUT2D eigenvalue weighted by Gasteiger charge is -2.29. The summed E-state index contributed by atoms with van der Waals surface area (Å²) in [5.74, 6) is 1.07. The largest absolute Gasteiger partial charge is 0.497 e. The maximum atomic E-state index is 13.3. The van der Waals surface area contributed by atoms with Gasteiger partial charge in [0.1, 0.15) is 22.8 Å². The van der Waals surface area contributed by atoms with Crippen LogP contribution in [0.25, 0.3) is 17.2 Å². The number of hydrogen-bond acceptors (Lipinski definition) is 5. The minimum atomic E-state index is -0.533. The molecule has 0 spiro atoms. The highest BCUT2D eigenvalue weighted by Crippen LogP contribution is 2.28. The number of nitrogens with zero attached hydrogens (tertiary/aromatic N) is 1. The Labute approximate surface area is 219 Å². The molecule has 4 aromatic carbocycles. The quantitative estimate of drug-likeness (QED) is 0.198. The average molecular weight is 507 g/mol. The number of benzene rings is 4. The highest BCUT2D eigenvalue weighted by Gasteiger charge is 2.34. The molecule has 6 nitrogen and oxygen atoms in total. The van der Waals surface area contributed by atoms with Gasteiger partial charge < -0.3 is 9.47 Å². The number of rotatable bonds is 6. The molecule has 0 aromatic heterocycles. The lowest BCUT2D eigenvalue weighted by atomic mass is 10.0. The molecule has 0 atom stereocenters. The van der Waals surface area contributed by atoms with Crippen molar-refractivity contribution in [3.63, 3.8) is 0 Å². The molecular weight excluding hydrogens is 484 g/mol. The number of hydrogen-bond donors (Lipinski definition) is 1. The summed E-state index contributed by atoms with van der Waals surface area (Å²) in [7, 11) is 1.63. The fourth-order valence-corrected chi connectivity index (χ4v) is 4.18. The third-order valence-corrected chi connectivity index (χ3v) is 6.11. The fraction of sp³-hybridized carbons (Fsp3) is 0.0333. The van der Waals surface area contributed by atoms with Gasteiger partial charge >= 0.3 is 0 Å². The number of methoxy groups -OCH3 is 1. The standard InChI is InChI=1S/C30H22N2O4S/c1-35-24-15-11-22(12-16-24)21-9-7-20(8-10-21)19-27-28(33)31-30(37)32(29(27)34)23-13-17-26(18-14-23)36-25-5-3-2-4-6-25/h2-19H,1H3,(H,31,33,37)/b27-19+. The van der Waals surface area contributed by atoms with E-state index in [9.17, 15) is 9.59 Å². The molecule has 182 valence electrons. The molecule has 0 radical (unpaired) electrons. The summed E-state index contributed by atoms with van der Waals surface area (Å²) in [6.07, 6.45) is 1.57. The molecular formula is C30H22N2O4S. The second kappa shape index (κ2) is 10.5. The third kappa shape index (κ3) is 5.27. The van der Waals surface area contributed by atoms with E-state index in [2.05, 4.69) is 5.32 Å². The molecule has 37 heavy (non-hydrogen) atoms. The Balaban J connectivity index is 1.36. The Kier molecular flexibility index (Phi) is 6.78. The molecule has 2 amide bonds. The Bertz CT molecular complexity index is 1480. The monoisotopic (exact) mass is 506 g/mol. The van der Waals surface area contributed by atoms with Crippen molar-refractivity contribution in [2.24, 2.45) is 0 Å². The molecule has 7 heteroatoms. The first kappa shape index (κ1) is 24.0. The van der Waals surface area contributed by atoms with Gasteiger partial charge in [-0.3, -0.25) is 19.8 Å². The van der Waals surface area contributed by atoms with E-state index in [-0.39, 0.29) is 10.7 Å². The summed E-state index contributed by atoms with van der Waals surface area (Å²) >= 11 is 5.31. The highest BCUT2D eigenvalue weighted by molar-refractivity contribution is 7.80. The van der Waals surface area contributed by atoms with Crippen molar-refractivity contribution in [1.82, 2.24) is 5.32 Å². The summed E-state index contributed by atoms with van der Waals surface area (Å²) < 4.78 is 11.0. The zero-order valence-electron chi connectivity index (χ0n) is 19.9. The SMILES string of the molecule is COc1ccc(-c2ccc(/C=C3\C(=O)NC(=S)N(c4ccc(Oc5ccccc5)cc4)C3=O)cc2)cc1. The van der Waals surface area contributed by atoms with E-state index < -0.39 is 11.8 Å². The molecule has 1 saturated heterocycles. The van der Waals surface area contributed by atoms with Gasteiger partial charge in [-0.1, -0.05) is 54.6 Å². The lowest BCUT2D eigenvalue weighted by Crippen LogP contribution is -2.54. The number of nitrogens with one attached hydrogen (secondary N) is 1. The normalized spacial score (nSPS) is 14.5. The number of amides is 2. The van der Waals surface area contributed by atoms with Crippen molar-refractivity contribution in [3.05, 3.63) is 114 Å². The minimum absolute atomic E-state index is 0.00425. The van der Waals surface area contributed by atoms with Crippen molar-refractivity contribution < 1.29 is 19.1 Å². The summed E-state index contributed by atoms with van der Waals surface area (Å²) in [6, 6.07) is 31.7. The van der Waals surface area contributed by atoms with Crippen LogP contribution in [0.5, 0.6) is 17.2 Å². The first-order chi connectivity index (χ1) is 18.0. The molecule has 5 rings (SSSR count). The molecule has 1 N–H and O–H groups in total. The number of carbonyl (C=O) groups is 2. The topological polar surface area (TPSA) is 67.9 Å². The zero-order valence-corrected chi connectivity index (χ0v) is 20.7. The van der Waals surface area contributed by atoms with Crippen LogP contribution < -0.4 is 19.7 Å². The van der Waals surface area contributed by atoms with Crippen LogP contribution in [0.3, 0.4) is 0 Å². The lowest BCUT2D eigenvalue weighted by molar-refractivity contribution is -0.122. The Morgan fingerprint density at radius 2 is 1.30 bits per heavy atom. The van der Waals surface area contributed by atoms with Crippen LogP contribution >= 0.6 is 12.2 Å². The third-order valence-electron chi connectivity index (χ3n) is 5.82. The first-order valence-electron chi connectivity index (χ1n) is 11.5. The summed E-state index contributed by atoms with van der Waals surface area (Å²) in [5, 5.41) is 2.64. The molecule has 0 aliphatic carbocycles. The predicted molar refractivity (Wildman–Crippen MR) is 148 cm³/mol. The van der Waals surface area contributed by atoms with E-state index in [1.54, 1.807) is 37.5 Å². The van der Waals surface area contributed by atoms with Crippen LogP contribution in [0, 0.1) is 0 Å². The van der Waals surface area contributed by atoms with Gasteiger partial charge in [-0.05, 0) is 83.5 Å². The van der Waals surface area contributed by atoms with Gasteiger partial charge in [0, 0.05) is 0 Å². The van der Waals surface area contributed by atoms with Gasteiger partial charge in [-0.25, -0.2) is 0 Å². The number of anilines is 1. The van der Waals surface area contributed by atoms with E-state index in [4.69, 9.17) is 21.7 Å². The van der Waals surface area contributed by atoms with Crippen LogP contribution in [0.1, 0.15) is 5.56 Å². The molecule has 1 aliphatic rings. The van der Waals surface area contributed by atoms with Crippen LogP contribution in [0.15, 0.2) is 109 Å². The van der Waals surface area contributed by atoms with Gasteiger partial charge in [0.2, 0.25) is 0 Å². The van der Waals surface area contributed by atoms with Crippen molar-refractivity contribution >= 4 is 40.9 Å². The smallest absolute Gasteiger partial charge is 0.270 e. The molecule has 0 unspecified atom stereocenters. The number of para-hydroxylation sites is 1. The zero-order chi connectivity index (χ0) is 25.8. The highest BCUT2D eigenvalue weighted by atomic mass is 32.1. The second-order valence-electron chi connectivity index (χ2n) is 8.22. The summed E-state index contributed by atoms with van der Waals surface area (Å²) in [5.41, 5.74) is 3.27. The molecule has 4 aromatic rings. The molecule has 0 bridgehead atoms. The van der Waals surface area contributed by atoms with Gasteiger partial charge in [0.15, 0.2) is 5.11 Å². The summed E-state index contributed by atoms with van der Waals surface area (Å²) in [6.45, 7) is 0. The molecule has 1 aliphatic heterocycles. The first-order valence-corrected chi connectivity index (χ1v) is 11.9. The van der Waals surface area contributed by atoms with Crippen LogP contribution in [-0.2, 0) is 9.59 Å². The van der Waals surface area contributed by atoms with Crippen LogP contribution in [0.4, 0.5) is 5.69 Å². The van der Waals surface area contributed by atoms with Crippen molar-refractivity contribution in [2.75, 3.05) is 12.0 Å². The number of thiocarbonyl (C=S) groups is 1. The summed E-state index contributed by atoms with van der Waals surface area (Å²) in [4.78, 5) is 27.3. The Morgan fingerprint density at radius 1 is 0.730 bits per heavy atom. The van der Waals surface area contributed by atoms with Crippen molar-refractivity contribution in [1.29, 1.82) is 0 Å². The van der Waals surface area contributed by atoms with E-state index in [1.165, 1.54) is 4.90 Å². The van der Waals surface area contributed by atoms with Crippen LogP contribution in [-0.4, -0.2) is 24.0 Å². The maximum absolute atomic E-state index is 13.3. The molecule has 0 saturated carbocycles. The number of carbonyl (C=O) groups excluding carboxylic acids is 2. The van der Waals surface area contributed by atoms with Crippen molar-refractivity contribution in [3.8, 4) is 28.4 Å². The molecule has 1 fully saturated rings. The van der Waals surface area contributed by atoms with Gasteiger partial charge in [0.25, 0.3) is 11.8 Å². The van der Waals surface area contributed by atoms with Crippen molar-refractivity contribution in [2.45, 2.75) is 0 Å². The van der Waals surface area contributed by atoms with E-state index in [1.807, 2.05) is 78.9 Å². The predicted octanol–water partition coefficient (Wildman–Crippen LogP) is 5.99. The minimum Gasteiger partial charge on any atom is -0.497 e. The van der Waals surface area contributed by atoms with Gasteiger partial charge in [-0.15, -0.1) is 0 Å². The van der Waals surface area contributed by atoms with Gasteiger partial charge in [0.05, 0.1) is 12.8 Å². The Morgan fingerprint density at radius 3 is 1.92 bits per heavy atom. The average Bonchev–Trinajstić information content (AvgIpc) is 2.93.